The van der Waals surface area contributed by atoms with Crippen LogP contribution in [-0.4, -0.2) is 16.1 Å². The van der Waals surface area contributed by atoms with Crippen molar-refractivity contribution in [3.8, 4) is 0 Å². The van der Waals surface area contributed by atoms with Crippen molar-refractivity contribution in [2.75, 3.05) is 0 Å². The van der Waals surface area contributed by atoms with Gasteiger partial charge in [0, 0.05) is 10.9 Å². The summed E-state index contributed by atoms with van der Waals surface area (Å²) in [6.45, 7) is 6.37. The summed E-state index contributed by atoms with van der Waals surface area (Å²) in [5.74, 6) is -0.527. The lowest BCUT2D eigenvalue weighted by Crippen LogP contribution is -2.19. The zero-order chi connectivity index (χ0) is 14.0. The Hall–Kier alpha value is -1.66. The fourth-order valence-corrected chi connectivity index (χ4v) is 2.91. The number of carboxylic acids is 1. The van der Waals surface area contributed by atoms with Crippen molar-refractivity contribution >= 4 is 17.3 Å². The summed E-state index contributed by atoms with van der Waals surface area (Å²) in [7, 11) is 0. The van der Waals surface area contributed by atoms with Crippen molar-refractivity contribution in [2.24, 2.45) is 0 Å². The number of hydrogen-bond acceptors (Lipinski definition) is 5. The highest BCUT2D eigenvalue weighted by Crippen LogP contribution is 2.24. The van der Waals surface area contributed by atoms with Crippen LogP contribution in [0, 0.1) is 13.8 Å². The number of nitrogens with one attached hydrogen (secondary N) is 1. The Morgan fingerprint density at radius 2 is 2.32 bits per heavy atom. The maximum atomic E-state index is 11.0. The largest absolute Gasteiger partial charge is 0.478 e. The van der Waals surface area contributed by atoms with Gasteiger partial charge in [-0.2, -0.15) is 0 Å². The number of aromatic carboxylic acids is 1. The predicted octanol–water partition coefficient (Wildman–Crippen LogP) is 2.90. The Balaban J connectivity index is 2.04. The normalized spacial score (nSPS) is 12.6. The van der Waals surface area contributed by atoms with Gasteiger partial charge in [-0.1, -0.05) is 0 Å². The van der Waals surface area contributed by atoms with Gasteiger partial charge in [0.15, 0.2) is 0 Å². The van der Waals surface area contributed by atoms with Crippen molar-refractivity contribution in [2.45, 2.75) is 33.4 Å². The van der Waals surface area contributed by atoms with Crippen LogP contribution in [0.1, 0.15) is 44.7 Å². The monoisotopic (exact) mass is 280 g/mol. The Bertz CT molecular complexity index is 588. The fourth-order valence-electron chi connectivity index (χ4n) is 1.96. The second-order valence-corrected chi connectivity index (χ2v) is 5.58. The Morgan fingerprint density at radius 1 is 1.58 bits per heavy atom. The van der Waals surface area contributed by atoms with Crippen LogP contribution in [0.15, 0.2) is 16.7 Å². The summed E-state index contributed by atoms with van der Waals surface area (Å²) in [5.41, 5.74) is 1.22. The number of rotatable bonds is 5. The molecule has 0 saturated heterocycles. The minimum atomic E-state index is -0.969. The van der Waals surface area contributed by atoms with Gasteiger partial charge < -0.3 is 14.8 Å². The number of nitrogens with zero attached hydrogens (tertiary/aromatic N) is 1. The van der Waals surface area contributed by atoms with Gasteiger partial charge in [0.1, 0.15) is 11.3 Å². The summed E-state index contributed by atoms with van der Waals surface area (Å²) in [5, 5.41) is 13.3. The van der Waals surface area contributed by atoms with Crippen LogP contribution in [-0.2, 0) is 6.54 Å². The molecule has 0 spiro atoms. The van der Waals surface area contributed by atoms with Crippen LogP contribution in [0.5, 0.6) is 0 Å². The minimum absolute atomic E-state index is 0.109. The first-order valence-corrected chi connectivity index (χ1v) is 6.77. The molecule has 0 bridgehead atoms. The van der Waals surface area contributed by atoms with E-state index in [-0.39, 0.29) is 11.6 Å². The average molecular weight is 280 g/mol. The molecular formula is C13H16N2O3S. The third-order valence-corrected chi connectivity index (χ3v) is 4.13. The molecule has 0 aliphatic heterocycles. The maximum Gasteiger partial charge on any atom is 0.339 e. The van der Waals surface area contributed by atoms with E-state index in [1.807, 2.05) is 20.8 Å². The van der Waals surface area contributed by atoms with Gasteiger partial charge in [-0.05, 0) is 26.8 Å². The maximum absolute atomic E-state index is 11.0. The zero-order valence-corrected chi connectivity index (χ0v) is 11.9. The molecule has 1 unspecified atom stereocenters. The first-order valence-electron chi connectivity index (χ1n) is 5.96. The van der Waals surface area contributed by atoms with Gasteiger partial charge >= 0.3 is 5.97 Å². The molecule has 0 saturated carbocycles. The fraction of sp³-hybridized carbons (Fsp3) is 0.385. The van der Waals surface area contributed by atoms with Crippen LogP contribution < -0.4 is 5.32 Å². The van der Waals surface area contributed by atoms with Crippen molar-refractivity contribution < 1.29 is 14.3 Å². The quantitative estimate of drug-likeness (QED) is 0.880. The lowest BCUT2D eigenvalue weighted by molar-refractivity contribution is 0.0694. The molecule has 102 valence electrons. The molecule has 0 aliphatic rings. The minimum Gasteiger partial charge on any atom is -0.478 e. The molecule has 1 atom stereocenters. The van der Waals surface area contributed by atoms with E-state index < -0.39 is 5.97 Å². The van der Waals surface area contributed by atoms with Gasteiger partial charge in [0.2, 0.25) is 0 Å². The molecule has 19 heavy (non-hydrogen) atoms. The number of hydrogen-bond donors (Lipinski definition) is 2. The number of furan rings is 1. The standard InChI is InChI=1S/C13H16N2O3S/c1-7(12-8(2)15-9(3)19-12)14-6-11-10(13(16)17)4-5-18-11/h4-5,7,14H,6H2,1-3H3,(H,16,17). The van der Waals surface area contributed by atoms with Gasteiger partial charge in [-0.25, -0.2) is 9.78 Å². The van der Waals surface area contributed by atoms with E-state index in [1.165, 1.54) is 17.2 Å². The molecule has 0 amide bonds. The average Bonchev–Trinajstić information content (AvgIpc) is 2.92. The summed E-state index contributed by atoms with van der Waals surface area (Å²) in [6.07, 6.45) is 1.40. The number of carbonyl (C=O) groups is 1. The highest BCUT2D eigenvalue weighted by Gasteiger charge is 2.16. The molecule has 6 heteroatoms. The van der Waals surface area contributed by atoms with E-state index in [1.54, 1.807) is 11.3 Å². The summed E-state index contributed by atoms with van der Waals surface area (Å²) in [4.78, 5) is 16.5. The van der Waals surface area contributed by atoms with E-state index in [0.29, 0.717) is 12.3 Å². The lowest BCUT2D eigenvalue weighted by Gasteiger charge is -2.11. The highest BCUT2D eigenvalue weighted by atomic mass is 32.1. The van der Waals surface area contributed by atoms with Crippen LogP contribution >= 0.6 is 11.3 Å². The molecule has 5 nitrogen and oxygen atoms in total. The lowest BCUT2D eigenvalue weighted by atomic mass is 10.2. The summed E-state index contributed by atoms with van der Waals surface area (Å²) in [6, 6.07) is 1.57. The van der Waals surface area contributed by atoms with Crippen LogP contribution in [0.2, 0.25) is 0 Å². The van der Waals surface area contributed by atoms with Crippen LogP contribution in [0.3, 0.4) is 0 Å². The topological polar surface area (TPSA) is 75.4 Å². The summed E-state index contributed by atoms with van der Waals surface area (Å²) < 4.78 is 5.19. The highest BCUT2D eigenvalue weighted by molar-refractivity contribution is 7.11. The van der Waals surface area contributed by atoms with Gasteiger partial charge in [0.05, 0.1) is 23.5 Å². The number of thiazole rings is 1. The number of carboxylic acid groups (broad SMARTS) is 1. The number of aromatic nitrogens is 1. The zero-order valence-electron chi connectivity index (χ0n) is 11.1. The predicted molar refractivity (Wildman–Crippen MR) is 72.5 cm³/mol. The second kappa shape index (κ2) is 5.54. The first-order chi connectivity index (χ1) is 8.99. The SMILES string of the molecule is Cc1nc(C)c(C(C)NCc2occc2C(=O)O)s1. The second-order valence-electron chi connectivity index (χ2n) is 4.35. The molecule has 2 aromatic heterocycles. The Kier molecular flexibility index (Phi) is 4.01. The third kappa shape index (κ3) is 3.02. The Labute approximate surface area is 115 Å². The van der Waals surface area contributed by atoms with E-state index in [4.69, 9.17) is 9.52 Å². The van der Waals surface area contributed by atoms with E-state index in [9.17, 15) is 4.79 Å². The van der Waals surface area contributed by atoms with E-state index in [0.717, 1.165) is 10.7 Å². The molecule has 0 radical (unpaired) electrons. The van der Waals surface area contributed by atoms with Gasteiger partial charge in [-0.3, -0.25) is 0 Å². The van der Waals surface area contributed by atoms with Crippen LogP contribution in [0.4, 0.5) is 0 Å². The summed E-state index contributed by atoms with van der Waals surface area (Å²) >= 11 is 1.65. The molecule has 2 rings (SSSR count). The van der Waals surface area contributed by atoms with E-state index >= 15 is 0 Å². The molecule has 2 heterocycles. The molecule has 0 aromatic carbocycles. The van der Waals surface area contributed by atoms with Crippen molar-refractivity contribution in [3.05, 3.63) is 39.2 Å². The molecule has 0 aliphatic carbocycles. The Morgan fingerprint density at radius 3 is 2.89 bits per heavy atom. The van der Waals surface area contributed by atoms with E-state index in [2.05, 4.69) is 10.3 Å². The molecule has 2 aromatic rings. The van der Waals surface area contributed by atoms with Crippen molar-refractivity contribution in [1.82, 2.24) is 10.3 Å². The smallest absolute Gasteiger partial charge is 0.339 e. The number of aryl methyl sites for hydroxylation is 2. The molecular weight excluding hydrogens is 264 g/mol. The molecule has 0 fully saturated rings. The molecule has 2 N–H and O–H groups in total. The van der Waals surface area contributed by atoms with Gasteiger partial charge in [-0.15, -0.1) is 11.3 Å². The first kappa shape index (κ1) is 13.8. The van der Waals surface area contributed by atoms with Crippen molar-refractivity contribution in [1.29, 1.82) is 0 Å². The van der Waals surface area contributed by atoms with Crippen molar-refractivity contribution in [3.63, 3.8) is 0 Å². The van der Waals surface area contributed by atoms with Crippen LogP contribution in [0.25, 0.3) is 0 Å². The van der Waals surface area contributed by atoms with Gasteiger partial charge in [0.25, 0.3) is 0 Å². The third-order valence-electron chi connectivity index (χ3n) is 2.88.